The van der Waals surface area contributed by atoms with Crippen LogP contribution in [0.15, 0.2) is 65.0 Å². The van der Waals surface area contributed by atoms with Crippen molar-refractivity contribution < 1.29 is 18.3 Å². The molecule has 0 aliphatic carbocycles. The van der Waals surface area contributed by atoms with Crippen LogP contribution in [0.4, 0.5) is 5.69 Å². The summed E-state index contributed by atoms with van der Waals surface area (Å²) < 4.78 is 24.4. The number of quaternary nitrogens is 1. The fourth-order valence-electron chi connectivity index (χ4n) is 4.47. The van der Waals surface area contributed by atoms with E-state index >= 15 is 0 Å². The summed E-state index contributed by atoms with van der Waals surface area (Å²) in [6.45, 7) is 7.70. The van der Waals surface area contributed by atoms with Gasteiger partial charge in [-0.05, 0) is 37.3 Å². The van der Waals surface area contributed by atoms with Gasteiger partial charge in [-0.2, -0.15) is 3.89 Å². The molecule has 0 amide bonds. The Balaban J connectivity index is 1.91. The third-order valence-electron chi connectivity index (χ3n) is 7.06. The highest BCUT2D eigenvalue weighted by Crippen LogP contribution is 2.32. The van der Waals surface area contributed by atoms with Gasteiger partial charge >= 0.3 is 10.0 Å². The van der Waals surface area contributed by atoms with Crippen LogP contribution in [-0.2, 0) is 27.7 Å². The molecular weight excluding hydrogens is 530 g/mol. The number of hydrogen-bond acceptors (Lipinski definition) is 7. The fraction of sp³-hybridized carbons (Fsp3) is 0.400. The van der Waals surface area contributed by atoms with Gasteiger partial charge in [0.2, 0.25) is 6.26 Å². The van der Waals surface area contributed by atoms with Gasteiger partial charge in [0.1, 0.15) is 6.04 Å². The molecule has 3 aromatic rings. The molecule has 0 spiro atoms. The van der Waals surface area contributed by atoms with Gasteiger partial charge in [-0.15, -0.1) is 19.8 Å². The van der Waals surface area contributed by atoms with E-state index in [9.17, 15) is 18.3 Å². The maximum atomic E-state index is 13.6. The Bertz CT molecular complexity index is 1380. The molecule has 39 heavy (non-hydrogen) atoms. The molecule has 0 aliphatic rings. The Morgan fingerprint density at radius 3 is 2.21 bits per heavy atom. The zero-order valence-electron chi connectivity index (χ0n) is 23.3. The van der Waals surface area contributed by atoms with Crippen molar-refractivity contribution in [1.82, 2.24) is 8.87 Å². The van der Waals surface area contributed by atoms with E-state index in [1.165, 1.54) is 6.92 Å². The van der Waals surface area contributed by atoms with Crippen molar-refractivity contribution in [3.05, 3.63) is 88.1 Å². The second-order valence-electron chi connectivity index (χ2n) is 10.4. The van der Waals surface area contributed by atoms with Crippen molar-refractivity contribution in [2.75, 3.05) is 13.6 Å². The minimum atomic E-state index is -3.62. The number of rotatable bonds is 13. The summed E-state index contributed by atoms with van der Waals surface area (Å²) >= 11 is 1.58. The minimum Gasteiger partial charge on any atom is -0.862 e. The quantitative estimate of drug-likeness (QED) is 0.125. The molecule has 0 radical (unpaired) electrons. The van der Waals surface area contributed by atoms with Crippen molar-refractivity contribution in [3.63, 3.8) is 0 Å². The smallest absolute Gasteiger partial charge is 0.451 e. The number of benzene rings is 2. The van der Waals surface area contributed by atoms with Gasteiger partial charge in [-0.25, -0.2) is 4.98 Å². The van der Waals surface area contributed by atoms with Crippen molar-refractivity contribution >= 4 is 38.7 Å². The summed E-state index contributed by atoms with van der Waals surface area (Å²) in [7, 11) is -1.99. The number of sulfonamides is 1. The highest BCUT2D eigenvalue weighted by atomic mass is 32.2. The highest BCUT2D eigenvalue weighted by Gasteiger charge is 2.40. The molecule has 0 aliphatic heterocycles. The summed E-state index contributed by atoms with van der Waals surface area (Å²) in [6, 6.07) is 16.2. The van der Waals surface area contributed by atoms with Crippen LogP contribution in [0, 0.1) is 6.26 Å². The molecule has 0 saturated heterocycles. The first-order valence-corrected chi connectivity index (χ1v) is 15.6. The monoisotopic (exact) mass is 568 g/mol. The largest absolute Gasteiger partial charge is 0.862 e. The topological polar surface area (TPSA) is 99.5 Å². The maximum Gasteiger partial charge on any atom is 0.451 e. The number of hydrogen-bond donors (Lipinski definition) is 0. The Kier molecular flexibility index (Phi) is 10.1. The van der Waals surface area contributed by atoms with E-state index in [0.29, 0.717) is 25.1 Å². The van der Waals surface area contributed by atoms with Crippen molar-refractivity contribution in [3.8, 4) is 0 Å². The summed E-state index contributed by atoms with van der Waals surface area (Å²) in [4.78, 5) is 22.6. The molecule has 7 nitrogen and oxygen atoms in total. The van der Waals surface area contributed by atoms with E-state index in [4.69, 9.17) is 4.98 Å². The van der Waals surface area contributed by atoms with Crippen LogP contribution in [0.2, 0.25) is 0 Å². The van der Waals surface area contributed by atoms with Crippen LogP contribution >= 0.6 is 11.3 Å². The minimum absolute atomic E-state index is 0.104. The van der Waals surface area contributed by atoms with Gasteiger partial charge in [0.05, 0.1) is 24.3 Å². The molecule has 3 unspecified atom stereocenters. The van der Waals surface area contributed by atoms with Crippen LogP contribution in [0.5, 0.6) is 0 Å². The number of aromatic nitrogens is 1. The van der Waals surface area contributed by atoms with Crippen LogP contribution in [-0.4, -0.2) is 44.7 Å². The molecule has 0 fully saturated rings. The number of thiazole rings is 1. The first kappa shape index (κ1) is 30.5. The number of carbonyl (C=O) groups excluding carboxylic acids is 1. The van der Waals surface area contributed by atoms with Crippen LogP contribution in [0.1, 0.15) is 67.8 Å². The van der Waals surface area contributed by atoms with Gasteiger partial charge in [0.25, 0.3) is 0 Å². The SMILES string of the molecule is [CH2+]S(=O)(=O)[N+](C)(CC)c1ccc(CC(CC(=O)C(Cc2ccccc2)N=C(C)[O-])c2csc(C(C)C)n2)cc1. The Hall–Kier alpha value is -3.01. The second kappa shape index (κ2) is 12.9. The van der Waals surface area contributed by atoms with Gasteiger partial charge in [0.15, 0.2) is 11.5 Å². The maximum absolute atomic E-state index is 13.6. The predicted octanol–water partition coefficient (Wildman–Crippen LogP) is 5.02. The molecule has 9 heteroatoms. The average molecular weight is 569 g/mol. The van der Waals surface area contributed by atoms with Crippen LogP contribution < -0.4 is 8.99 Å². The van der Waals surface area contributed by atoms with E-state index in [1.54, 1.807) is 18.4 Å². The summed E-state index contributed by atoms with van der Waals surface area (Å²) in [5, 5.41) is 14.9. The Labute approximate surface area is 236 Å². The van der Waals surface area contributed by atoms with E-state index in [2.05, 4.69) is 25.1 Å². The number of carbonyl (C=O) groups is 1. The summed E-state index contributed by atoms with van der Waals surface area (Å²) in [5.41, 5.74) is 3.38. The lowest BCUT2D eigenvalue weighted by atomic mass is 9.88. The average Bonchev–Trinajstić information content (AvgIpc) is 3.38. The molecule has 0 N–H and O–H groups in total. The van der Waals surface area contributed by atoms with Gasteiger partial charge in [-0.3, -0.25) is 9.79 Å². The van der Waals surface area contributed by atoms with Gasteiger partial charge in [-0.1, -0.05) is 56.3 Å². The fourth-order valence-corrected chi connectivity index (χ4v) is 6.23. The number of aliphatic imine (C=N–C) groups is 1. The molecule has 3 rings (SSSR count). The molecule has 208 valence electrons. The van der Waals surface area contributed by atoms with E-state index in [1.807, 2.05) is 66.9 Å². The van der Waals surface area contributed by atoms with Crippen molar-refractivity contribution in [1.29, 1.82) is 0 Å². The van der Waals surface area contributed by atoms with Crippen molar-refractivity contribution in [2.24, 2.45) is 4.99 Å². The molecular formula is C30H38N3O4S2+. The number of ketones is 1. The second-order valence-corrected chi connectivity index (χ2v) is 13.2. The van der Waals surface area contributed by atoms with E-state index in [0.717, 1.165) is 21.8 Å². The zero-order chi connectivity index (χ0) is 28.8. The van der Waals surface area contributed by atoms with Crippen LogP contribution in [0.3, 0.4) is 0 Å². The first-order chi connectivity index (χ1) is 18.3. The lowest BCUT2D eigenvalue weighted by molar-refractivity contribution is -0.216. The third-order valence-corrected chi connectivity index (χ3v) is 9.92. The molecule has 0 bridgehead atoms. The molecule has 2 aromatic carbocycles. The standard InChI is InChI=1S/C30H38N3O4S2/c1-7-33(5,39(6,36)37)26-15-13-24(14-16-26)17-25(28-20-38-30(32-28)21(2)3)19-29(35)27(31-22(4)34)18-23-11-9-8-10-12-23/h8-16,20-21,25,27H,6-7,17-19H2,1-5H3/q+1. The highest BCUT2D eigenvalue weighted by molar-refractivity contribution is 7.92. The summed E-state index contributed by atoms with van der Waals surface area (Å²) in [6.07, 6.45) is 4.47. The molecule has 0 saturated carbocycles. The zero-order valence-corrected chi connectivity index (χ0v) is 25.0. The Morgan fingerprint density at radius 2 is 1.69 bits per heavy atom. The normalized spacial score (nSPS) is 15.6. The lowest BCUT2D eigenvalue weighted by Crippen LogP contribution is -2.48. The lowest BCUT2D eigenvalue weighted by Gasteiger charge is -2.26. The molecule has 1 heterocycles. The van der Waals surface area contributed by atoms with Gasteiger partial charge < -0.3 is 5.11 Å². The van der Waals surface area contributed by atoms with E-state index < -0.39 is 16.1 Å². The molecule has 1 aromatic heterocycles. The van der Waals surface area contributed by atoms with E-state index in [-0.39, 0.29) is 33.8 Å². The Morgan fingerprint density at radius 1 is 1.08 bits per heavy atom. The number of Topliss-reactive ketones (excluding diaryl/α,β-unsaturated/α-hetero) is 1. The van der Waals surface area contributed by atoms with Gasteiger partial charge in [0, 0.05) is 42.2 Å². The summed E-state index contributed by atoms with van der Waals surface area (Å²) in [5.74, 6) is -0.416. The predicted molar refractivity (Wildman–Crippen MR) is 158 cm³/mol. The molecule has 3 atom stereocenters. The first-order valence-electron chi connectivity index (χ1n) is 13.1. The third kappa shape index (κ3) is 7.77. The van der Waals surface area contributed by atoms with Crippen LogP contribution in [0.25, 0.3) is 0 Å². The van der Waals surface area contributed by atoms with Crippen molar-refractivity contribution in [2.45, 2.75) is 64.8 Å². The number of nitrogens with zero attached hydrogens (tertiary/aromatic N) is 3.